The first-order valence-electron chi connectivity index (χ1n) is 5.41. The zero-order valence-electron chi connectivity index (χ0n) is 10.9. The van der Waals surface area contributed by atoms with Crippen molar-refractivity contribution in [2.24, 2.45) is 0 Å². The summed E-state index contributed by atoms with van der Waals surface area (Å²) in [6.07, 6.45) is -5.49. The Kier molecular flexibility index (Phi) is 5.81. The Balaban J connectivity index is 3.19. The Morgan fingerprint density at radius 3 is 2.29 bits per heavy atom. The highest BCUT2D eigenvalue weighted by molar-refractivity contribution is 14.1. The molecule has 0 atom stereocenters. The van der Waals surface area contributed by atoms with E-state index in [9.17, 15) is 22.8 Å². The highest BCUT2D eigenvalue weighted by Crippen LogP contribution is 2.32. The minimum atomic E-state index is -5.13. The topological polar surface area (TPSA) is 61.8 Å². The monoisotopic (exact) mass is 418 g/mol. The van der Waals surface area contributed by atoms with Gasteiger partial charge in [0.15, 0.2) is 0 Å². The van der Waals surface area contributed by atoms with Crippen LogP contribution in [0.15, 0.2) is 12.1 Å². The molecule has 5 nitrogen and oxygen atoms in total. The van der Waals surface area contributed by atoms with Crippen molar-refractivity contribution in [1.82, 2.24) is 0 Å². The smallest absolute Gasteiger partial charge is 0.491 e. The molecule has 0 aliphatic heterocycles. The van der Waals surface area contributed by atoms with E-state index in [4.69, 9.17) is 4.74 Å². The summed E-state index contributed by atoms with van der Waals surface area (Å²) in [7, 11) is 2.49. The number of methoxy groups -OCH3 is 2. The Morgan fingerprint density at radius 2 is 1.81 bits per heavy atom. The standard InChI is InChI=1S/C12H10F3IO5/c1-19-9-3-6(4-10(17)20-2)8(5-7(9)16)21-11(18)12(13,14)15/h3,5H,4H2,1-2H3. The number of benzene rings is 1. The van der Waals surface area contributed by atoms with Crippen LogP contribution in [-0.4, -0.2) is 32.3 Å². The van der Waals surface area contributed by atoms with E-state index in [1.165, 1.54) is 19.2 Å². The SMILES string of the molecule is COC(=O)Cc1cc(OC)c(I)cc1OC(=O)C(F)(F)F. The molecule has 0 amide bonds. The molecule has 0 aromatic heterocycles. The number of ether oxygens (including phenoxy) is 3. The van der Waals surface area contributed by atoms with E-state index in [1.54, 1.807) is 22.6 Å². The van der Waals surface area contributed by atoms with E-state index in [2.05, 4.69) is 9.47 Å². The molecule has 0 aliphatic rings. The third kappa shape index (κ3) is 4.76. The van der Waals surface area contributed by atoms with Crippen molar-refractivity contribution >= 4 is 34.5 Å². The van der Waals surface area contributed by atoms with E-state index in [0.717, 1.165) is 7.11 Å². The molecule has 1 aromatic carbocycles. The number of alkyl halides is 3. The summed E-state index contributed by atoms with van der Waals surface area (Å²) in [6, 6.07) is 2.50. The van der Waals surface area contributed by atoms with Gasteiger partial charge in [-0.1, -0.05) is 0 Å². The largest absolute Gasteiger partial charge is 0.496 e. The number of esters is 2. The molecule has 0 spiro atoms. The van der Waals surface area contributed by atoms with Gasteiger partial charge in [0.25, 0.3) is 0 Å². The lowest BCUT2D eigenvalue weighted by atomic mass is 10.1. The third-order valence-electron chi connectivity index (χ3n) is 2.33. The van der Waals surface area contributed by atoms with Crippen LogP contribution in [0.4, 0.5) is 13.2 Å². The van der Waals surface area contributed by atoms with E-state index < -0.39 is 18.1 Å². The molecular weight excluding hydrogens is 408 g/mol. The van der Waals surface area contributed by atoms with Gasteiger partial charge in [0.2, 0.25) is 0 Å². The predicted molar refractivity (Wildman–Crippen MR) is 73.1 cm³/mol. The fourth-order valence-corrected chi connectivity index (χ4v) is 2.01. The van der Waals surface area contributed by atoms with Crippen LogP contribution in [0.5, 0.6) is 11.5 Å². The van der Waals surface area contributed by atoms with Gasteiger partial charge in [-0.05, 0) is 34.7 Å². The van der Waals surface area contributed by atoms with Crippen molar-refractivity contribution in [3.05, 3.63) is 21.3 Å². The van der Waals surface area contributed by atoms with Crippen LogP contribution >= 0.6 is 22.6 Å². The summed E-state index contributed by atoms with van der Waals surface area (Å²) >= 11 is 1.80. The maximum Gasteiger partial charge on any atom is 0.491 e. The van der Waals surface area contributed by atoms with Crippen LogP contribution in [0.3, 0.4) is 0 Å². The summed E-state index contributed by atoms with van der Waals surface area (Å²) in [5.41, 5.74) is 0.0525. The molecule has 0 heterocycles. The summed E-state index contributed by atoms with van der Waals surface area (Å²) in [6.45, 7) is 0. The van der Waals surface area contributed by atoms with Gasteiger partial charge in [0.1, 0.15) is 11.5 Å². The molecule has 0 saturated heterocycles. The molecule has 0 radical (unpaired) electrons. The van der Waals surface area contributed by atoms with Crippen molar-refractivity contribution in [2.75, 3.05) is 14.2 Å². The first-order valence-corrected chi connectivity index (χ1v) is 6.49. The van der Waals surface area contributed by atoms with Gasteiger partial charge >= 0.3 is 18.1 Å². The average molecular weight is 418 g/mol. The second-order valence-electron chi connectivity index (χ2n) is 3.73. The maximum atomic E-state index is 12.2. The first kappa shape index (κ1) is 17.5. The quantitative estimate of drug-likeness (QED) is 0.427. The molecule has 0 saturated carbocycles. The molecule has 0 N–H and O–H groups in total. The summed E-state index contributed by atoms with van der Waals surface area (Å²) in [5.74, 6) is -3.09. The molecule has 0 aliphatic carbocycles. The van der Waals surface area contributed by atoms with Crippen LogP contribution in [0.1, 0.15) is 5.56 Å². The van der Waals surface area contributed by atoms with Crippen LogP contribution < -0.4 is 9.47 Å². The van der Waals surface area contributed by atoms with Crippen molar-refractivity contribution in [2.45, 2.75) is 12.6 Å². The number of hydrogen-bond acceptors (Lipinski definition) is 5. The number of halogens is 4. The highest BCUT2D eigenvalue weighted by atomic mass is 127. The zero-order valence-corrected chi connectivity index (χ0v) is 13.1. The van der Waals surface area contributed by atoms with Crippen molar-refractivity contribution in [3.8, 4) is 11.5 Å². The number of rotatable bonds is 4. The van der Waals surface area contributed by atoms with E-state index in [-0.39, 0.29) is 17.7 Å². The van der Waals surface area contributed by atoms with Crippen LogP contribution in [0, 0.1) is 3.57 Å². The van der Waals surface area contributed by atoms with Crippen LogP contribution in [-0.2, 0) is 20.7 Å². The predicted octanol–water partition coefficient (Wildman–Crippen LogP) is 2.48. The lowest BCUT2D eigenvalue weighted by Crippen LogP contribution is -2.28. The zero-order chi connectivity index (χ0) is 16.2. The molecular formula is C12H10F3IO5. The highest BCUT2D eigenvalue weighted by Gasteiger charge is 2.41. The lowest BCUT2D eigenvalue weighted by molar-refractivity contribution is -0.189. The van der Waals surface area contributed by atoms with Gasteiger partial charge in [-0.25, -0.2) is 4.79 Å². The maximum absolute atomic E-state index is 12.2. The van der Waals surface area contributed by atoms with Crippen molar-refractivity contribution in [3.63, 3.8) is 0 Å². The first-order chi connectivity index (χ1) is 9.68. The molecule has 1 aromatic rings. The molecule has 1 rings (SSSR count). The average Bonchev–Trinajstić information content (AvgIpc) is 2.40. The van der Waals surface area contributed by atoms with Gasteiger partial charge < -0.3 is 14.2 Å². The fraction of sp³-hybridized carbons (Fsp3) is 0.333. The Labute approximate surface area is 131 Å². The Bertz CT molecular complexity index is 557. The fourth-order valence-electron chi connectivity index (χ4n) is 1.35. The van der Waals surface area contributed by atoms with Gasteiger partial charge in [-0.2, -0.15) is 13.2 Å². The molecule has 21 heavy (non-hydrogen) atoms. The molecule has 0 bridgehead atoms. The van der Waals surface area contributed by atoms with Gasteiger partial charge in [0, 0.05) is 5.56 Å². The molecule has 0 fully saturated rings. The van der Waals surface area contributed by atoms with E-state index in [1.807, 2.05) is 0 Å². The second kappa shape index (κ2) is 6.96. The number of carbonyl (C=O) groups excluding carboxylic acids is 2. The van der Waals surface area contributed by atoms with Gasteiger partial charge in [-0.3, -0.25) is 4.79 Å². The number of hydrogen-bond donors (Lipinski definition) is 0. The molecule has 116 valence electrons. The Morgan fingerprint density at radius 1 is 1.19 bits per heavy atom. The minimum Gasteiger partial charge on any atom is -0.496 e. The van der Waals surface area contributed by atoms with E-state index >= 15 is 0 Å². The second-order valence-corrected chi connectivity index (χ2v) is 4.90. The summed E-state index contributed by atoms with van der Waals surface area (Å²) < 4.78 is 50.9. The summed E-state index contributed by atoms with van der Waals surface area (Å²) in [4.78, 5) is 22.2. The summed E-state index contributed by atoms with van der Waals surface area (Å²) in [5, 5.41) is 0. The van der Waals surface area contributed by atoms with Crippen LogP contribution in [0.2, 0.25) is 0 Å². The van der Waals surface area contributed by atoms with Crippen LogP contribution in [0.25, 0.3) is 0 Å². The molecule has 9 heteroatoms. The van der Waals surface area contributed by atoms with Crippen molar-refractivity contribution < 1.29 is 37.0 Å². The minimum absolute atomic E-state index is 0.0525. The number of carbonyl (C=O) groups is 2. The van der Waals surface area contributed by atoms with Gasteiger partial charge in [-0.15, -0.1) is 0 Å². The Hall–Kier alpha value is -1.52. The third-order valence-corrected chi connectivity index (χ3v) is 3.17. The molecule has 0 unspecified atom stereocenters. The van der Waals surface area contributed by atoms with E-state index in [0.29, 0.717) is 9.32 Å². The van der Waals surface area contributed by atoms with Crippen molar-refractivity contribution in [1.29, 1.82) is 0 Å². The normalized spacial score (nSPS) is 11.0. The lowest BCUT2D eigenvalue weighted by Gasteiger charge is -2.13. The van der Waals surface area contributed by atoms with Gasteiger partial charge in [0.05, 0.1) is 24.2 Å².